The average Bonchev–Trinajstić information content (AvgIpc) is 2.92. The molecular formula is C21H21N3O2. The molecular weight excluding hydrogens is 326 g/mol. The molecule has 0 spiro atoms. The summed E-state index contributed by atoms with van der Waals surface area (Å²) >= 11 is 0. The number of fused-ring (bicyclic) bond motifs is 2. The molecule has 1 aromatic heterocycles. The second-order valence-corrected chi connectivity index (χ2v) is 6.71. The first-order valence-corrected chi connectivity index (χ1v) is 8.96. The first kappa shape index (κ1) is 16.5. The Morgan fingerprint density at radius 3 is 2.58 bits per heavy atom. The van der Waals surface area contributed by atoms with Crippen molar-refractivity contribution in [2.75, 3.05) is 11.4 Å². The van der Waals surface area contributed by atoms with Crippen molar-refractivity contribution in [3.8, 4) is 0 Å². The van der Waals surface area contributed by atoms with E-state index in [2.05, 4.69) is 11.9 Å². The van der Waals surface area contributed by atoms with E-state index in [4.69, 9.17) is 0 Å². The van der Waals surface area contributed by atoms with E-state index in [0.29, 0.717) is 29.7 Å². The topological polar surface area (TPSA) is 55.2 Å². The normalized spacial score (nSPS) is 16.3. The van der Waals surface area contributed by atoms with E-state index in [-0.39, 0.29) is 17.4 Å². The zero-order valence-corrected chi connectivity index (χ0v) is 15.0. The van der Waals surface area contributed by atoms with Crippen LogP contribution in [0.2, 0.25) is 0 Å². The van der Waals surface area contributed by atoms with Crippen LogP contribution >= 0.6 is 0 Å². The third-order valence-corrected chi connectivity index (χ3v) is 5.08. The molecule has 2 aromatic carbocycles. The number of carbonyl (C=O) groups excluding carboxylic acids is 1. The highest BCUT2D eigenvalue weighted by Crippen LogP contribution is 2.38. The Balaban J connectivity index is 1.78. The minimum absolute atomic E-state index is 0.0743. The maximum Gasteiger partial charge on any atom is 0.261 e. The van der Waals surface area contributed by atoms with Gasteiger partial charge in [0, 0.05) is 25.7 Å². The van der Waals surface area contributed by atoms with E-state index in [9.17, 15) is 9.59 Å². The van der Waals surface area contributed by atoms with E-state index in [1.807, 2.05) is 47.4 Å². The summed E-state index contributed by atoms with van der Waals surface area (Å²) in [6.45, 7) is 2.77. The van der Waals surface area contributed by atoms with Gasteiger partial charge in [0.05, 0.1) is 16.8 Å². The van der Waals surface area contributed by atoms with Crippen molar-refractivity contribution in [1.82, 2.24) is 9.55 Å². The number of aromatic nitrogens is 2. The molecule has 1 atom stereocenters. The molecule has 0 N–H and O–H groups in total. The Kier molecular flexibility index (Phi) is 4.07. The highest BCUT2D eigenvalue weighted by atomic mass is 16.2. The molecule has 5 nitrogen and oxygen atoms in total. The number of nitrogens with zero attached hydrogens (tertiary/aromatic N) is 3. The van der Waals surface area contributed by atoms with Gasteiger partial charge in [-0.25, -0.2) is 4.98 Å². The number of amides is 1. The smallest absolute Gasteiger partial charge is 0.261 e. The van der Waals surface area contributed by atoms with Crippen molar-refractivity contribution in [3.05, 3.63) is 70.3 Å². The SMILES string of the molecule is CCCN1C(=O)[C@@H](Cc2nc3ccccc3c(=O)n2C)c2ccccc21. The van der Waals surface area contributed by atoms with Gasteiger partial charge < -0.3 is 4.90 Å². The van der Waals surface area contributed by atoms with Gasteiger partial charge in [0.1, 0.15) is 5.82 Å². The molecule has 2 heterocycles. The average molecular weight is 347 g/mol. The summed E-state index contributed by atoms with van der Waals surface area (Å²) in [6.07, 6.45) is 1.33. The molecule has 26 heavy (non-hydrogen) atoms. The van der Waals surface area contributed by atoms with Gasteiger partial charge in [-0.2, -0.15) is 0 Å². The largest absolute Gasteiger partial charge is 0.312 e. The molecule has 3 aromatic rings. The predicted octanol–water partition coefficient (Wildman–Crippen LogP) is 3.02. The van der Waals surface area contributed by atoms with Crippen LogP contribution < -0.4 is 10.5 Å². The molecule has 1 aliphatic rings. The predicted molar refractivity (Wildman–Crippen MR) is 103 cm³/mol. The van der Waals surface area contributed by atoms with Gasteiger partial charge >= 0.3 is 0 Å². The summed E-state index contributed by atoms with van der Waals surface area (Å²) in [7, 11) is 1.73. The van der Waals surface area contributed by atoms with Crippen LogP contribution in [0.1, 0.15) is 30.7 Å². The van der Waals surface area contributed by atoms with Crippen LogP contribution in [0.4, 0.5) is 5.69 Å². The van der Waals surface area contributed by atoms with Crippen LogP contribution in [0, 0.1) is 0 Å². The van der Waals surface area contributed by atoms with Crippen molar-refractivity contribution < 1.29 is 4.79 Å². The fourth-order valence-corrected chi connectivity index (χ4v) is 3.75. The van der Waals surface area contributed by atoms with Gasteiger partial charge in [-0.1, -0.05) is 37.3 Å². The Labute approximate surface area is 151 Å². The molecule has 5 heteroatoms. The van der Waals surface area contributed by atoms with Crippen LogP contribution in [0.25, 0.3) is 10.9 Å². The third kappa shape index (κ3) is 2.51. The molecule has 4 rings (SSSR count). The zero-order valence-electron chi connectivity index (χ0n) is 15.0. The van der Waals surface area contributed by atoms with Crippen LogP contribution in [0.3, 0.4) is 0 Å². The molecule has 0 aliphatic carbocycles. The number of hydrogen-bond donors (Lipinski definition) is 0. The summed E-state index contributed by atoms with van der Waals surface area (Å²) in [6, 6.07) is 15.3. The minimum atomic E-state index is -0.294. The van der Waals surface area contributed by atoms with Crippen molar-refractivity contribution in [3.63, 3.8) is 0 Å². The van der Waals surface area contributed by atoms with E-state index in [1.54, 1.807) is 17.7 Å². The van der Waals surface area contributed by atoms with Gasteiger partial charge in [0.25, 0.3) is 5.56 Å². The lowest BCUT2D eigenvalue weighted by Crippen LogP contribution is -2.31. The molecule has 0 saturated carbocycles. The first-order chi connectivity index (χ1) is 12.6. The van der Waals surface area contributed by atoms with Gasteiger partial charge in [-0.15, -0.1) is 0 Å². The lowest BCUT2D eigenvalue weighted by molar-refractivity contribution is -0.119. The standard InChI is InChI=1S/C21H21N3O2/c1-3-12-24-18-11-7-5-8-14(18)16(21(24)26)13-19-22-17-10-6-4-9-15(17)20(25)23(19)2/h4-11,16H,3,12-13H2,1-2H3/t16-/m0/s1. The van der Waals surface area contributed by atoms with Crippen LogP contribution in [-0.4, -0.2) is 22.0 Å². The van der Waals surface area contributed by atoms with Gasteiger partial charge in [0.2, 0.25) is 5.91 Å². The number of hydrogen-bond acceptors (Lipinski definition) is 3. The number of benzene rings is 2. The second kappa shape index (κ2) is 6.41. The quantitative estimate of drug-likeness (QED) is 0.729. The summed E-state index contributed by atoms with van der Waals surface area (Å²) in [5.74, 6) is 0.438. The van der Waals surface area contributed by atoms with Crippen LogP contribution in [0.5, 0.6) is 0 Å². The Morgan fingerprint density at radius 2 is 1.77 bits per heavy atom. The summed E-state index contributed by atoms with van der Waals surface area (Å²) in [5.41, 5.74) is 2.60. The molecule has 1 aliphatic heterocycles. The maximum absolute atomic E-state index is 13.0. The minimum Gasteiger partial charge on any atom is -0.312 e. The van der Waals surface area contributed by atoms with Crippen molar-refractivity contribution >= 4 is 22.5 Å². The Morgan fingerprint density at radius 1 is 1.04 bits per heavy atom. The first-order valence-electron chi connectivity index (χ1n) is 8.96. The van der Waals surface area contributed by atoms with E-state index < -0.39 is 0 Å². The summed E-state index contributed by atoms with van der Waals surface area (Å²) in [5, 5.41) is 0.601. The second-order valence-electron chi connectivity index (χ2n) is 6.71. The fraction of sp³-hybridized carbons (Fsp3) is 0.286. The van der Waals surface area contributed by atoms with Crippen LogP contribution in [0.15, 0.2) is 53.3 Å². The lowest BCUT2D eigenvalue weighted by atomic mass is 9.96. The van der Waals surface area contributed by atoms with E-state index in [0.717, 1.165) is 17.7 Å². The van der Waals surface area contributed by atoms with Gasteiger partial charge in [0.15, 0.2) is 0 Å². The zero-order chi connectivity index (χ0) is 18.3. The Hall–Kier alpha value is -2.95. The van der Waals surface area contributed by atoms with Crippen molar-refractivity contribution in [1.29, 1.82) is 0 Å². The monoisotopic (exact) mass is 347 g/mol. The number of para-hydroxylation sites is 2. The third-order valence-electron chi connectivity index (χ3n) is 5.08. The molecule has 0 radical (unpaired) electrons. The molecule has 0 unspecified atom stereocenters. The molecule has 0 bridgehead atoms. The van der Waals surface area contributed by atoms with Gasteiger partial charge in [-0.05, 0) is 30.2 Å². The molecule has 132 valence electrons. The van der Waals surface area contributed by atoms with Crippen LogP contribution in [-0.2, 0) is 18.3 Å². The van der Waals surface area contributed by atoms with Crippen molar-refractivity contribution in [2.24, 2.45) is 7.05 Å². The maximum atomic E-state index is 13.0. The highest BCUT2D eigenvalue weighted by molar-refractivity contribution is 6.05. The van der Waals surface area contributed by atoms with E-state index in [1.165, 1.54) is 0 Å². The number of carbonyl (C=O) groups is 1. The summed E-state index contributed by atoms with van der Waals surface area (Å²) in [4.78, 5) is 32.2. The van der Waals surface area contributed by atoms with Gasteiger partial charge in [-0.3, -0.25) is 14.2 Å². The number of anilines is 1. The Bertz CT molecular complexity index is 1050. The lowest BCUT2D eigenvalue weighted by Gasteiger charge is -2.17. The highest BCUT2D eigenvalue weighted by Gasteiger charge is 2.37. The number of rotatable bonds is 4. The van der Waals surface area contributed by atoms with Crippen molar-refractivity contribution in [2.45, 2.75) is 25.7 Å². The summed E-state index contributed by atoms with van der Waals surface area (Å²) < 4.78 is 1.57. The molecule has 1 amide bonds. The fourth-order valence-electron chi connectivity index (χ4n) is 3.75. The molecule has 0 saturated heterocycles. The molecule has 0 fully saturated rings. The van der Waals surface area contributed by atoms with E-state index >= 15 is 0 Å².